The predicted octanol–water partition coefficient (Wildman–Crippen LogP) is 1.38. The Morgan fingerprint density at radius 1 is 1.19 bits per heavy atom. The topological polar surface area (TPSA) is 76.7 Å². The van der Waals surface area contributed by atoms with E-state index in [9.17, 15) is 9.59 Å². The molecule has 7 nitrogen and oxygen atoms in total. The van der Waals surface area contributed by atoms with Gasteiger partial charge in [0.1, 0.15) is 0 Å². The average Bonchev–Trinajstić information content (AvgIpc) is 3.19. The van der Waals surface area contributed by atoms with Crippen LogP contribution in [0, 0.1) is 5.92 Å². The summed E-state index contributed by atoms with van der Waals surface area (Å²) in [5.41, 5.74) is 7.96. The average molecular weight is 426 g/mol. The molecule has 3 aliphatic rings. The molecule has 4 rings (SSSR count). The molecule has 7 heteroatoms. The third-order valence-electron chi connectivity index (χ3n) is 6.95. The zero-order valence-electron chi connectivity index (χ0n) is 18.4. The Labute approximate surface area is 185 Å². The number of rotatable bonds is 7. The van der Waals surface area contributed by atoms with E-state index in [0.717, 1.165) is 12.1 Å². The first-order chi connectivity index (χ1) is 15.1. The highest BCUT2D eigenvalue weighted by Crippen LogP contribution is 2.30. The van der Waals surface area contributed by atoms with Gasteiger partial charge in [0.15, 0.2) is 0 Å². The number of nitrogens with one attached hydrogen (secondary N) is 3. The first-order valence-corrected chi connectivity index (χ1v) is 11.6. The second-order valence-electron chi connectivity index (χ2n) is 9.04. The van der Waals surface area contributed by atoms with E-state index in [4.69, 9.17) is 0 Å². The van der Waals surface area contributed by atoms with E-state index in [1.165, 1.54) is 25.7 Å². The molecule has 2 saturated heterocycles. The van der Waals surface area contributed by atoms with Crippen molar-refractivity contribution >= 4 is 17.9 Å². The summed E-state index contributed by atoms with van der Waals surface area (Å²) in [5, 5.41) is 2.93. The van der Waals surface area contributed by atoms with Gasteiger partial charge < -0.3 is 10.2 Å². The van der Waals surface area contributed by atoms with E-state index in [0.29, 0.717) is 31.6 Å². The van der Waals surface area contributed by atoms with E-state index in [1.54, 1.807) is 4.90 Å². The van der Waals surface area contributed by atoms with Crippen LogP contribution in [0.3, 0.4) is 0 Å². The molecular formula is C24H35N5O2. The molecular weight excluding hydrogens is 390 g/mol. The van der Waals surface area contributed by atoms with Gasteiger partial charge in [0.2, 0.25) is 11.8 Å². The lowest BCUT2D eigenvalue weighted by Crippen LogP contribution is -2.56. The van der Waals surface area contributed by atoms with Crippen molar-refractivity contribution in [2.75, 3.05) is 33.2 Å². The number of nitrogens with zero attached hydrogens (tertiary/aromatic N) is 2. The Bertz CT molecular complexity index is 783. The van der Waals surface area contributed by atoms with E-state index in [-0.39, 0.29) is 24.3 Å². The lowest BCUT2D eigenvalue weighted by molar-refractivity contribution is -0.138. The van der Waals surface area contributed by atoms with Gasteiger partial charge in [-0.1, -0.05) is 55.3 Å². The van der Waals surface area contributed by atoms with Crippen LogP contribution in [-0.4, -0.2) is 73.0 Å². The van der Waals surface area contributed by atoms with Gasteiger partial charge in [-0.25, -0.2) is 0 Å². The van der Waals surface area contributed by atoms with E-state index >= 15 is 0 Å². The van der Waals surface area contributed by atoms with Gasteiger partial charge in [-0.05, 0) is 24.3 Å². The minimum atomic E-state index is -0.416. The fraction of sp³-hybridized carbons (Fsp3) is 0.583. The Hall–Kier alpha value is -2.22. The van der Waals surface area contributed by atoms with Crippen molar-refractivity contribution in [3.05, 3.63) is 42.0 Å². The zero-order valence-corrected chi connectivity index (χ0v) is 18.4. The monoisotopic (exact) mass is 425 g/mol. The normalized spacial score (nSPS) is 29.0. The maximum atomic E-state index is 13.0. The maximum absolute atomic E-state index is 13.0. The number of piperazine rings is 1. The molecule has 4 unspecified atom stereocenters. The minimum absolute atomic E-state index is 0.0279. The second kappa shape index (κ2) is 10.4. The molecule has 2 aliphatic heterocycles. The van der Waals surface area contributed by atoms with Gasteiger partial charge in [0.25, 0.3) is 0 Å². The standard InChI is InChI=1S/C24H35N5O2/c1-28(17-21-19-11-5-6-12-20(19)26-27-21)23(30)16-22-24(31)25-13-15-29(22)14-7-10-18-8-3-2-4-9-18/h2-4,7-10,19-22,26-27H,5-6,11-17H2,1H3,(H,25,31)/b10-7+. The number of fused-ring (bicyclic) bond motifs is 1. The fourth-order valence-corrected chi connectivity index (χ4v) is 5.13. The lowest BCUT2D eigenvalue weighted by atomic mass is 9.81. The van der Waals surface area contributed by atoms with Crippen molar-refractivity contribution in [3.8, 4) is 0 Å². The van der Waals surface area contributed by atoms with Crippen LogP contribution in [0.15, 0.2) is 36.4 Å². The summed E-state index contributed by atoms with van der Waals surface area (Å²) in [7, 11) is 1.86. The number of amides is 2. The summed E-state index contributed by atoms with van der Waals surface area (Å²) in [6, 6.07) is 10.5. The van der Waals surface area contributed by atoms with Crippen molar-refractivity contribution in [1.29, 1.82) is 0 Å². The lowest BCUT2D eigenvalue weighted by Gasteiger charge is -2.35. The Balaban J connectivity index is 1.32. The van der Waals surface area contributed by atoms with E-state index in [2.05, 4.69) is 45.4 Å². The first kappa shape index (κ1) is 22.0. The summed E-state index contributed by atoms with van der Waals surface area (Å²) >= 11 is 0. The third kappa shape index (κ3) is 5.53. The molecule has 0 bridgehead atoms. The quantitative estimate of drug-likeness (QED) is 0.615. The predicted molar refractivity (Wildman–Crippen MR) is 122 cm³/mol. The van der Waals surface area contributed by atoms with Gasteiger partial charge in [-0.15, -0.1) is 0 Å². The van der Waals surface area contributed by atoms with Crippen LogP contribution >= 0.6 is 0 Å². The van der Waals surface area contributed by atoms with Crippen LogP contribution in [0.5, 0.6) is 0 Å². The summed E-state index contributed by atoms with van der Waals surface area (Å²) in [6.45, 7) is 2.71. The van der Waals surface area contributed by atoms with Crippen LogP contribution in [0.25, 0.3) is 6.08 Å². The van der Waals surface area contributed by atoms with Gasteiger partial charge in [0, 0.05) is 45.3 Å². The van der Waals surface area contributed by atoms with Gasteiger partial charge in [-0.2, -0.15) is 0 Å². The first-order valence-electron chi connectivity index (χ1n) is 11.6. The Kier molecular flexibility index (Phi) is 7.37. The van der Waals surface area contributed by atoms with Crippen molar-refractivity contribution in [3.63, 3.8) is 0 Å². The summed E-state index contributed by atoms with van der Waals surface area (Å²) in [6.07, 6.45) is 9.33. The molecule has 0 radical (unpaired) electrons. The summed E-state index contributed by atoms with van der Waals surface area (Å²) in [5.74, 6) is 0.566. The highest BCUT2D eigenvalue weighted by molar-refractivity contribution is 5.88. The molecule has 1 aromatic carbocycles. The maximum Gasteiger partial charge on any atom is 0.237 e. The third-order valence-corrected chi connectivity index (χ3v) is 6.95. The van der Waals surface area contributed by atoms with Crippen LogP contribution < -0.4 is 16.2 Å². The number of likely N-dealkylation sites (N-methyl/N-ethyl adjacent to an activating group) is 1. The van der Waals surface area contributed by atoms with E-state index < -0.39 is 6.04 Å². The molecule has 168 valence electrons. The molecule has 2 heterocycles. The molecule has 31 heavy (non-hydrogen) atoms. The molecule has 0 spiro atoms. The molecule has 0 aromatic heterocycles. The summed E-state index contributed by atoms with van der Waals surface area (Å²) in [4.78, 5) is 29.5. The fourth-order valence-electron chi connectivity index (χ4n) is 5.13. The second-order valence-corrected chi connectivity index (χ2v) is 9.04. The van der Waals surface area contributed by atoms with E-state index in [1.807, 2.05) is 25.2 Å². The smallest absolute Gasteiger partial charge is 0.237 e. The number of carbonyl (C=O) groups excluding carboxylic acids is 2. The number of hydrogen-bond acceptors (Lipinski definition) is 5. The van der Waals surface area contributed by atoms with Crippen molar-refractivity contribution in [2.45, 2.75) is 50.2 Å². The SMILES string of the molecule is CN(CC1NNC2CCCCC21)C(=O)CC1C(=O)NCCN1C/C=C/c1ccccc1. The Morgan fingerprint density at radius 3 is 2.84 bits per heavy atom. The number of hydrogen-bond donors (Lipinski definition) is 3. The van der Waals surface area contributed by atoms with Crippen LogP contribution in [0.2, 0.25) is 0 Å². The molecule has 1 aliphatic carbocycles. The number of benzene rings is 1. The van der Waals surface area contributed by atoms with Crippen molar-refractivity contribution in [2.24, 2.45) is 5.92 Å². The minimum Gasteiger partial charge on any atom is -0.353 e. The largest absolute Gasteiger partial charge is 0.353 e. The molecule has 1 aromatic rings. The number of carbonyl (C=O) groups is 2. The highest BCUT2D eigenvalue weighted by Gasteiger charge is 2.38. The van der Waals surface area contributed by atoms with Gasteiger partial charge >= 0.3 is 0 Å². The van der Waals surface area contributed by atoms with Crippen LogP contribution in [-0.2, 0) is 9.59 Å². The zero-order chi connectivity index (χ0) is 21.6. The molecule has 1 saturated carbocycles. The van der Waals surface area contributed by atoms with Gasteiger partial charge in [0.05, 0.1) is 12.5 Å². The molecule has 3 N–H and O–H groups in total. The summed E-state index contributed by atoms with van der Waals surface area (Å²) < 4.78 is 0. The van der Waals surface area contributed by atoms with Crippen molar-refractivity contribution < 1.29 is 9.59 Å². The molecule has 3 fully saturated rings. The Morgan fingerprint density at radius 2 is 2.00 bits per heavy atom. The highest BCUT2D eigenvalue weighted by atomic mass is 16.2. The van der Waals surface area contributed by atoms with Crippen molar-refractivity contribution in [1.82, 2.24) is 26.0 Å². The van der Waals surface area contributed by atoms with Crippen LogP contribution in [0.4, 0.5) is 0 Å². The number of hydrazine groups is 1. The van der Waals surface area contributed by atoms with Crippen LogP contribution in [0.1, 0.15) is 37.7 Å². The van der Waals surface area contributed by atoms with Gasteiger partial charge in [-0.3, -0.25) is 25.3 Å². The molecule has 2 amide bonds. The molecule has 4 atom stereocenters.